The Bertz CT molecular complexity index is 1150. The minimum atomic E-state index is -0.280. The molecule has 0 saturated heterocycles. The Hall–Kier alpha value is -1.90. The standard InChI is InChI=1S/C21H18Cl4N4O2S/c1-3-6-29-19(10-31-13-4-5-14(22)12(2)7-13)27-28-21(29)32-11-20(30)26-18-9-16(24)15(23)8-17(18)25/h3-5,7-9H,1,6,10-11H2,2H3,(H,26,30). The summed E-state index contributed by atoms with van der Waals surface area (Å²) in [6, 6.07) is 8.40. The van der Waals surface area contributed by atoms with Crippen LogP contribution in [0.4, 0.5) is 5.69 Å². The molecule has 0 spiro atoms. The molecule has 32 heavy (non-hydrogen) atoms. The van der Waals surface area contributed by atoms with Gasteiger partial charge in [-0.2, -0.15) is 0 Å². The molecule has 0 bridgehead atoms. The van der Waals surface area contributed by atoms with Gasteiger partial charge >= 0.3 is 0 Å². The Morgan fingerprint density at radius 3 is 2.59 bits per heavy atom. The maximum atomic E-state index is 12.4. The molecule has 0 aliphatic rings. The largest absolute Gasteiger partial charge is 0.486 e. The van der Waals surface area contributed by atoms with E-state index < -0.39 is 0 Å². The number of benzene rings is 2. The van der Waals surface area contributed by atoms with E-state index in [2.05, 4.69) is 22.1 Å². The van der Waals surface area contributed by atoms with Crippen LogP contribution in [0.1, 0.15) is 11.4 Å². The number of hydrogen-bond donors (Lipinski definition) is 1. The molecule has 2 aromatic carbocycles. The fourth-order valence-electron chi connectivity index (χ4n) is 2.63. The molecule has 1 N–H and O–H groups in total. The van der Waals surface area contributed by atoms with Crippen LogP contribution in [0, 0.1) is 6.92 Å². The zero-order valence-corrected chi connectivity index (χ0v) is 20.7. The van der Waals surface area contributed by atoms with Crippen LogP contribution >= 0.6 is 58.2 Å². The number of allylic oxidation sites excluding steroid dienone is 1. The van der Waals surface area contributed by atoms with Gasteiger partial charge in [0.15, 0.2) is 11.0 Å². The van der Waals surface area contributed by atoms with Gasteiger partial charge < -0.3 is 10.1 Å². The summed E-state index contributed by atoms with van der Waals surface area (Å²) in [7, 11) is 0. The lowest BCUT2D eigenvalue weighted by Crippen LogP contribution is -2.15. The summed E-state index contributed by atoms with van der Waals surface area (Å²) in [4.78, 5) is 12.4. The van der Waals surface area contributed by atoms with Gasteiger partial charge in [-0.05, 0) is 42.8 Å². The van der Waals surface area contributed by atoms with E-state index in [0.717, 1.165) is 5.56 Å². The number of aryl methyl sites for hydroxylation is 1. The Balaban J connectivity index is 1.64. The molecule has 3 rings (SSSR count). The van der Waals surface area contributed by atoms with Crippen LogP contribution in [-0.2, 0) is 17.9 Å². The van der Waals surface area contributed by atoms with Gasteiger partial charge in [0.05, 0.1) is 26.5 Å². The highest BCUT2D eigenvalue weighted by molar-refractivity contribution is 7.99. The van der Waals surface area contributed by atoms with Gasteiger partial charge in [0.2, 0.25) is 5.91 Å². The van der Waals surface area contributed by atoms with Crippen molar-refractivity contribution in [1.29, 1.82) is 0 Å². The molecular formula is C21H18Cl4N4O2S. The second-order valence-electron chi connectivity index (χ2n) is 6.58. The van der Waals surface area contributed by atoms with Gasteiger partial charge in [-0.3, -0.25) is 9.36 Å². The number of thioether (sulfide) groups is 1. The Labute approximate surface area is 209 Å². The second-order valence-corrected chi connectivity index (χ2v) is 9.15. The molecule has 168 valence electrons. The topological polar surface area (TPSA) is 69.0 Å². The van der Waals surface area contributed by atoms with Gasteiger partial charge in [-0.15, -0.1) is 16.8 Å². The molecule has 6 nitrogen and oxygen atoms in total. The molecule has 0 saturated carbocycles. The summed E-state index contributed by atoms with van der Waals surface area (Å²) < 4.78 is 7.66. The van der Waals surface area contributed by atoms with Crippen molar-refractivity contribution < 1.29 is 9.53 Å². The van der Waals surface area contributed by atoms with Gasteiger partial charge in [0.1, 0.15) is 12.4 Å². The summed E-state index contributed by atoms with van der Waals surface area (Å²) in [6.07, 6.45) is 1.72. The zero-order chi connectivity index (χ0) is 23.3. The number of aromatic nitrogens is 3. The third-order valence-electron chi connectivity index (χ3n) is 4.22. The molecule has 0 fully saturated rings. The van der Waals surface area contributed by atoms with Crippen LogP contribution in [-0.4, -0.2) is 26.4 Å². The molecule has 3 aromatic rings. The van der Waals surface area contributed by atoms with Crippen LogP contribution in [0.25, 0.3) is 0 Å². The molecular weight excluding hydrogens is 514 g/mol. The van der Waals surface area contributed by atoms with Gasteiger partial charge in [0.25, 0.3) is 0 Å². The maximum absolute atomic E-state index is 12.4. The molecule has 1 heterocycles. The van der Waals surface area contributed by atoms with Crippen LogP contribution in [0.3, 0.4) is 0 Å². The van der Waals surface area contributed by atoms with Crippen molar-refractivity contribution in [2.24, 2.45) is 0 Å². The van der Waals surface area contributed by atoms with E-state index in [1.165, 1.54) is 23.9 Å². The van der Waals surface area contributed by atoms with Crippen LogP contribution in [0.15, 0.2) is 48.1 Å². The lowest BCUT2D eigenvalue weighted by atomic mass is 10.2. The van der Waals surface area contributed by atoms with Crippen LogP contribution in [0.2, 0.25) is 20.1 Å². The van der Waals surface area contributed by atoms with E-state index in [9.17, 15) is 4.79 Å². The first kappa shape index (κ1) is 24.7. The molecule has 1 amide bonds. The number of amides is 1. The number of nitrogens with one attached hydrogen (secondary N) is 1. The number of carbonyl (C=O) groups is 1. The van der Waals surface area contributed by atoms with E-state index in [1.807, 2.05) is 17.6 Å². The third-order valence-corrected chi connectivity index (χ3v) is 6.64. The summed E-state index contributed by atoms with van der Waals surface area (Å²) in [5, 5.41) is 13.2. The van der Waals surface area contributed by atoms with Gasteiger partial charge in [-0.1, -0.05) is 64.2 Å². The van der Waals surface area contributed by atoms with E-state index in [-0.39, 0.29) is 18.3 Å². The smallest absolute Gasteiger partial charge is 0.234 e. The molecule has 0 radical (unpaired) electrons. The number of anilines is 1. The summed E-state index contributed by atoms with van der Waals surface area (Å²) in [6.45, 7) is 6.35. The minimum Gasteiger partial charge on any atom is -0.486 e. The summed E-state index contributed by atoms with van der Waals surface area (Å²) >= 11 is 25.3. The first-order chi connectivity index (χ1) is 15.3. The molecule has 0 aliphatic carbocycles. The molecule has 1 aromatic heterocycles. The second kappa shape index (κ2) is 11.3. The average molecular weight is 532 g/mol. The molecule has 0 unspecified atom stereocenters. The third kappa shape index (κ3) is 6.33. The fourth-order valence-corrected chi connectivity index (χ4v) is 4.11. The first-order valence-corrected chi connectivity index (χ1v) is 11.8. The SMILES string of the molecule is C=CCn1c(COc2ccc(Cl)c(C)c2)nnc1SCC(=O)Nc1cc(Cl)c(Cl)cc1Cl. The van der Waals surface area contributed by atoms with Crippen LogP contribution < -0.4 is 10.1 Å². The quantitative estimate of drug-likeness (QED) is 0.189. The zero-order valence-electron chi connectivity index (χ0n) is 16.9. The summed E-state index contributed by atoms with van der Waals surface area (Å²) in [5.74, 6) is 1.08. The van der Waals surface area contributed by atoms with E-state index in [0.29, 0.717) is 49.1 Å². The van der Waals surface area contributed by atoms with Crippen molar-refractivity contribution in [3.05, 3.63) is 74.5 Å². The average Bonchev–Trinajstić information content (AvgIpc) is 3.13. The van der Waals surface area contributed by atoms with Crippen LogP contribution in [0.5, 0.6) is 5.75 Å². The predicted octanol–water partition coefficient (Wildman–Crippen LogP) is 6.70. The van der Waals surface area contributed by atoms with E-state index in [1.54, 1.807) is 18.2 Å². The molecule has 0 atom stereocenters. The normalized spacial score (nSPS) is 10.8. The van der Waals surface area contributed by atoms with Crippen molar-refractivity contribution >= 4 is 69.8 Å². The lowest BCUT2D eigenvalue weighted by molar-refractivity contribution is -0.113. The number of nitrogens with zero attached hydrogens (tertiary/aromatic N) is 3. The number of carbonyl (C=O) groups excluding carboxylic acids is 1. The van der Waals surface area contributed by atoms with Gasteiger partial charge in [0, 0.05) is 11.6 Å². The number of halogens is 4. The highest BCUT2D eigenvalue weighted by Gasteiger charge is 2.15. The minimum absolute atomic E-state index is 0.0864. The van der Waals surface area contributed by atoms with E-state index >= 15 is 0 Å². The Kier molecular flexibility index (Phi) is 8.73. The molecule has 11 heteroatoms. The monoisotopic (exact) mass is 530 g/mol. The van der Waals surface area contributed by atoms with Crippen molar-refractivity contribution in [2.45, 2.75) is 25.2 Å². The number of hydrogen-bond acceptors (Lipinski definition) is 5. The fraction of sp³-hybridized carbons (Fsp3) is 0.190. The van der Waals surface area contributed by atoms with Crippen molar-refractivity contribution in [2.75, 3.05) is 11.1 Å². The highest BCUT2D eigenvalue weighted by atomic mass is 35.5. The van der Waals surface area contributed by atoms with Crippen molar-refractivity contribution in [3.63, 3.8) is 0 Å². The lowest BCUT2D eigenvalue weighted by Gasteiger charge is -2.11. The van der Waals surface area contributed by atoms with Crippen molar-refractivity contribution in [1.82, 2.24) is 14.8 Å². The first-order valence-electron chi connectivity index (χ1n) is 9.27. The highest BCUT2D eigenvalue weighted by Crippen LogP contribution is 2.32. The summed E-state index contributed by atoms with van der Waals surface area (Å²) in [5.41, 5.74) is 1.30. The Morgan fingerprint density at radius 1 is 1.12 bits per heavy atom. The van der Waals surface area contributed by atoms with Gasteiger partial charge in [-0.25, -0.2) is 0 Å². The maximum Gasteiger partial charge on any atom is 0.234 e. The Morgan fingerprint density at radius 2 is 1.88 bits per heavy atom. The number of rotatable bonds is 9. The van der Waals surface area contributed by atoms with Crippen molar-refractivity contribution in [3.8, 4) is 5.75 Å². The molecule has 0 aliphatic heterocycles. The van der Waals surface area contributed by atoms with E-state index in [4.69, 9.17) is 51.1 Å². The predicted molar refractivity (Wildman–Crippen MR) is 132 cm³/mol. The number of ether oxygens (including phenoxy) is 1.